The molecule has 0 spiro atoms. The number of piperazine rings is 1. The van der Waals surface area contributed by atoms with E-state index in [0.29, 0.717) is 61.6 Å². The van der Waals surface area contributed by atoms with Crippen molar-refractivity contribution in [3.63, 3.8) is 0 Å². The van der Waals surface area contributed by atoms with Crippen LogP contribution >= 0.6 is 0 Å². The maximum Gasteiger partial charge on any atom is 0.414 e. The van der Waals surface area contributed by atoms with Crippen molar-refractivity contribution < 1.29 is 33.0 Å². The van der Waals surface area contributed by atoms with Crippen molar-refractivity contribution in [2.24, 2.45) is 0 Å². The molecule has 6 rings (SSSR count). The molecule has 12 nitrogen and oxygen atoms in total. The van der Waals surface area contributed by atoms with Gasteiger partial charge in [0.05, 0.1) is 30.0 Å². The number of ether oxygens (including phenoxy) is 1. The Bertz CT molecular complexity index is 1740. The second kappa shape index (κ2) is 13.0. The second-order valence-electron chi connectivity index (χ2n) is 12.0. The number of hydrogen-bond acceptors (Lipinski definition) is 8. The molecule has 1 saturated carbocycles. The first-order chi connectivity index (χ1) is 22.1. The Morgan fingerprint density at radius 2 is 1.89 bits per heavy atom. The molecule has 2 atom stereocenters. The van der Waals surface area contributed by atoms with Crippen LogP contribution in [0.3, 0.4) is 0 Å². The standard InChI is InChI=1S/C32H36F2N6O6/c1-18(41)37-14-23-16-40(32(45)46-23)22-3-2-19(26(33)10-22)6-7-35-13-20-15-38(9-8-36-20)29-12-28-24(11-27(29)34)30(42)25(31(43)44)17-39(28)21-4-5-21/h2-3,10-12,17,20-21,23,35-36H,4-9,13-16H2,1H3,(H,37,41)(H,43,44)/t20?,23-/m0/s1. The first-order valence-corrected chi connectivity index (χ1v) is 15.4. The highest BCUT2D eigenvalue weighted by Gasteiger charge is 2.33. The van der Waals surface area contributed by atoms with Gasteiger partial charge in [0.25, 0.3) is 0 Å². The summed E-state index contributed by atoms with van der Waals surface area (Å²) >= 11 is 0. The topological polar surface area (TPSA) is 145 Å². The van der Waals surface area contributed by atoms with E-state index in [4.69, 9.17) is 4.74 Å². The molecule has 244 valence electrons. The zero-order valence-electron chi connectivity index (χ0n) is 25.4. The number of carboxylic acids is 1. The Labute approximate surface area is 263 Å². The molecule has 14 heteroatoms. The summed E-state index contributed by atoms with van der Waals surface area (Å²) in [4.78, 5) is 51.1. The van der Waals surface area contributed by atoms with Gasteiger partial charge in [-0.25, -0.2) is 18.4 Å². The van der Waals surface area contributed by atoms with Gasteiger partial charge in [0.1, 0.15) is 23.3 Å². The van der Waals surface area contributed by atoms with Gasteiger partial charge in [0.2, 0.25) is 11.3 Å². The molecule has 1 aromatic heterocycles. The number of fused-ring (bicyclic) bond motifs is 1. The van der Waals surface area contributed by atoms with Gasteiger partial charge in [-0.1, -0.05) is 6.07 Å². The summed E-state index contributed by atoms with van der Waals surface area (Å²) in [5.41, 5.74) is 0.712. The molecule has 2 aliphatic heterocycles. The van der Waals surface area contributed by atoms with Gasteiger partial charge >= 0.3 is 12.1 Å². The van der Waals surface area contributed by atoms with Crippen LogP contribution in [0.4, 0.5) is 25.0 Å². The Kier molecular flexibility index (Phi) is 8.91. The molecular formula is C32H36F2N6O6. The zero-order valence-corrected chi connectivity index (χ0v) is 25.4. The maximum absolute atomic E-state index is 15.4. The molecular weight excluding hydrogens is 602 g/mol. The Hall–Kier alpha value is -4.56. The summed E-state index contributed by atoms with van der Waals surface area (Å²) in [6.45, 7) is 4.47. The molecule has 2 aromatic carbocycles. The number of halogens is 2. The van der Waals surface area contributed by atoms with Crippen LogP contribution in [-0.2, 0) is 16.0 Å². The van der Waals surface area contributed by atoms with Crippen LogP contribution < -0.4 is 31.2 Å². The number of hydrogen-bond donors (Lipinski definition) is 4. The van der Waals surface area contributed by atoms with Crippen molar-refractivity contribution in [1.29, 1.82) is 0 Å². The predicted octanol–water partition coefficient (Wildman–Crippen LogP) is 2.38. The average molecular weight is 639 g/mol. The van der Waals surface area contributed by atoms with E-state index >= 15 is 4.39 Å². The number of carbonyl (C=O) groups excluding carboxylic acids is 2. The lowest BCUT2D eigenvalue weighted by molar-refractivity contribution is -0.119. The molecule has 3 heterocycles. The molecule has 3 aliphatic rings. The van der Waals surface area contributed by atoms with Crippen LogP contribution in [0.5, 0.6) is 0 Å². The molecule has 3 aromatic rings. The van der Waals surface area contributed by atoms with Crippen molar-refractivity contribution in [1.82, 2.24) is 20.5 Å². The monoisotopic (exact) mass is 638 g/mol. The number of pyridine rings is 1. The largest absolute Gasteiger partial charge is 0.477 e. The molecule has 46 heavy (non-hydrogen) atoms. The highest BCUT2D eigenvalue weighted by atomic mass is 19.1. The third-order valence-corrected chi connectivity index (χ3v) is 8.63. The first kappa shape index (κ1) is 31.4. The van der Waals surface area contributed by atoms with Crippen LogP contribution in [0, 0.1) is 11.6 Å². The van der Waals surface area contributed by atoms with Crippen LogP contribution in [-0.4, -0.2) is 85.6 Å². The van der Waals surface area contributed by atoms with Gasteiger partial charge in [0.15, 0.2) is 0 Å². The average Bonchev–Trinajstić information content (AvgIpc) is 3.80. The minimum Gasteiger partial charge on any atom is -0.477 e. The van der Waals surface area contributed by atoms with Gasteiger partial charge < -0.3 is 35.3 Å². The third kappa shape index (κ3) is 6.67. The highest BCUT2D eigenvalue weighted by molar-refractivity contribution is 5.94. The molecule has 4 N–H and O–H groups in total. The van der Waals surface area contributed by atoms with E-state index in [1.54, 1.807) is 22.8 Å². The summed E-state index contributed by atoms with van der Waals surface area (Å²) in [7, 11) is 0. The summed E-state index contributed by atoms with van der Waals surface area (Å²) in [5, 5.41) is 18.9. The van der Waals surface area contributed by atoms with Crippen LogP contribution in [0.1, 0.15) is 41.7 Å². The molecule has 1 unspecified atom stereocenters. The molecule has 2 amide bonds. The highest BCUT2D eigenvalue weighted by Crippen LogP contribution is 2.38. The summed E-state index contributed by atoms with van der Waals surface area (Å²) in [5.74, 6) is -2.57. The van der Waals surface area contributed by atoms with Gasteiger partial charge in [-0.05, 0) is 55.6 Å². The van der Waals surface area contributed by atoms with Crippen molar-refractivity contribution >= 4 is 40.2 Å². The second-order valence-corrected chi connectivity index (χ2v) is 12.0. The first-order valence-electron chi connectivity index (χ1n) is 15.4. The zero-order chi connectivity index (χ0) is 32.5. The molecule has 3 fully saturated rings. The SMILES string of the molecule is CC(=O)NC[C@H]1CN(c2ccc(CCNCC3CN(c4cc5c(cc4F)c(=O)c(C(=O)O)cn5C4CC4)CCN3)c(F)c2)C(=O)O1. The normalized spacial score (nSPS) is 19.8. The van der Waals surface area contributed by atoms with Gasteiger partial charge in [-0.3, -0.25) is 14.5 Å². The fourth-order valence-electron chi connectivity index (χ4n) is 6.09. The number of benzene rings is 2. The lowest BCUT2D eigenvalue weighted by atomic mass is 10.1. The van der Waals surface area contributed by atoms with Crippen molar-refractivity contribution in [2.75, 3.05) is 55.6 Å². The lowest BCUT2D eigenvalue weighted by Gasteiger charge is -2.36. The third-order valence-electron chi connectivity index (χ3n) is 8.63. The Morgan fingerprint density at radius 1 is 1.09 bits per heavy atom. The van der Waals surface area contributed by atoms with Crippen LogP contribution in [0.25, 0.3) is 10.9 Å². The minimum absolute atomic E-state index is 0.0253. The quantitative estimate of drug-likeness (QED) is 0.233. The smallest absolute Gasteiger partial charge is 0.414 e. The van der Waals surface area contributed by atoms with Crippen LogP contribution in [0.15, 0.2) is 41.3 Å². The van der Waals surface area contributed by atoms with E-state index in [9.17, 15) is 28.7 Å². The lowest BCUT2D eigenvalue weighted by Crippen LogP contribution is -2.54. The minimum atomic E-state index is -1.33. The molecule has 1 aliphatic carbocycles. The predicted molar refractivity (Wildman–Crippen MR) is 167 cm³/mol. The van der Waals surface area contributed by atoms with E-state index < -0.39 is 35.2 Å². The van der Waals surface area contributed by atoms with E-state index in [2.05, 4.69) is 16.0 Å². The number of aromatic carboxylic acids is 1. The number of nitrogens with one attached hydrogen (secondary N) is 3. The number of carbonyl (C=O) groups is 3. The number of amides is 2. The van der Waals surface area contributed by atoms with Gasteiger partial charge in [-0.15, -0.1) is 0 Å². The van der Waals surface area contributed by atoms with Gasteiger partial charge in [-0.2, -0.15) is 0 Å². The number of nitrogens with zero attached hydrogens (tertiary/aromatic N) is 3. The van der Waals surface area contributed by atoms with E-state index in [-0.39, 0.29) is 42.0 Å². The number of aromatic nitrogens is 1. The van der Waals surface area contributed by atoms with E-state index in [1.165, 1.54) is 24.1 Å². The summed E-state index contributed by atoms with van der Waals surface area (Å²) in [6.07, 6.45) is 2.42. The maximum atomic E-state index is 15.4. The van der Waals surface area contributed by atoms with Gasteiger partial charge in [0, 0.05) is 56.8 Å². The van der Waals surface area contributed by atoms with Crippen molar-refractivity contribution in [3.8, 4) is 0 Å². The summed E-state index contributed by atoms with van der Waals surface area (Å²) in [6, 6.07) is 7.50. The Balaban J connectivity index is 1.05. The number of rotatable bonds is 11. The van der Waals surface area contributed by atoms with Crippen molar-refractivity contribution in [2.45, 2.75) is 44.4 Å². The van der Waals surface area contributed by atoms with Crippen LogP contribution in [0.2, 0.25) is 0 Å². The number of cyclic esters (lactones) is 1. The Morgan fingerprint density at radius 3 is 2.61 bits per heavy atom. The van der Waals surface area contributed by atoms with Crippen molar-refractivity contribution in [3.05, 3.63) is 69.5 Å². The summed E-state index contributed by atoms with van der Waals surface area (Å²) < 4.78 is 37.4. The number of anilines is 2. The van der Waals surface area contributed by atoms with E-state index in [0.717, 1.165) is 18.9 Å². The fraction of sp³-hybridized carbons (Fsp3) is 0.438. The van der Waals surface area contributed by atoms with E-state index in [1.807, 2.05) is 4.90 Å². The molecule has 0 bridgehead atoms. The fourth-order valence-corrected chi connectivity index (χ4v) is 6.09. The number of carboxylic acid groups (broad SMARTS) is 1. The molecule has 0 radical (unpaired) electrons. The molecule has 2 saturated heterocycles.